The molecular formula is C12H19F2NO2. The number of carbonyl (C=O) groups is 1. The van der Waals surface area contributed by atoms with Crippen molar-refractivity contribution in [1.29, 1.82) is 0 Å². The quantitative estimate of drug-likeness (QED) is 0.751. The number of carbonyl (C=O) groups excluding carboxylic acids is 1. The maximum Gasteiger partial charge on any atom is 0.410 e. The van der Waals surface area contributed by atoms with Gasteiger partial charge in [0, 0.05) is 13.1 Å². The van der Waals surface area contributed by atoms with E-state index < -0.39 is 18.1 Å². The molecule has 0 N–H and O–H groups in total. The van der Waals surface area contributed by atoms with Gasteiger partial charge in [-0.05, 0) is 24.7 Å². The van der Waals surface area contributed by atoms with E-state index in [4.69, 9.17) is 4.74 Å². The highest BCUT2D eigenvalue weighted by Gasteiger charge is 2.60. The molecule has 1 unspecified atom stereocenters. The molecule has 1 heterocycles. The Morgan fingerprint density at radius 1 is 1.35 bits per heavy atom. The number of halogens is 2. The number of nitrogens with zero attached hydrogens (tertiary/aromatic N) is 1. The first-order chi connectivity index (χ1) is 7.90. The van der Waals surface area contributed by atoms with E-state index in [9.17, 15) is 13.6 Å². The average molecular weight is 247 g/mol. The molecule has 0 aromatic heterocycles. The van der Waals surface area contributed by atoms with Crippen LogP contribution in [0.15, 0.2) is 0 Å². The Morgan fingerprint density at radius 3 is 2.29 bits per heavy atom. The average Bonchev–Trinajstić information content (AvgIpc) is 2.86. The van der Waals surface area contributed by atoms with Gasteiger partial charge in [-0.1, -0.05) is 13.8 Å². The normalized spacial score (nSPS) is 28.3. The SMILES string of the molecule is CC(C)C1CCN(C(=O)OC2CC2(F)F)CC1. The summed E-state index contributed by atoms with van der Waals surface area (Å²) in [5.74, 6) is -1.55. The van der Waals surface area contributed by atoms with E-state index in [-0.39, 0.29) is 6.42 Å². The van der Waals surface area contributed by atoms with Crippen LogP contribution in [0.4, 0.5) is 13.6 Å². The van der Waals surface area contributed by atoms with Gasteiger partial charge in [0.2, 0.25) is 0 Å². The Hall–Kier alpha value is -0.870. The molecule has 3 nitrogen and oxygen atoms in total. The number of hydrogen-bond acceptors (Lipinski definition) is 2. The van der Waals surface area contributed by atoms with Crippen LogP contribution in [-0.2, 0) is 4.74 Å². The zero-order valence-corrected chi connectivity index (χ0v) is 10.3. The van der Waals surface area contributed by atoms with E-state index in [0.29, 0.717) is 24.9 Å². The second-order valence-electron chi connectivity index (χ2n) is 5.41. The maximum atomic E-state index is 12.6. The topological polar surface area (TPSA) is 29.5 Å². The largest absolute Gasteiger partial charge is 0.439 e. The Kier molecular flexibility index (Phi) is 3.27. The van der Waals surface area contributed by atoms with Crippen molar-refractivity contribution in [1.82, 2.24) is 4.90 Å². The Morgan fingerprint density at radius 2 is 1.88 bits per heavy atom. The monoisotopic (exact) mass is 247 g/mol. The molecule has 0 bridgehead atoms. The van der Waals surface area contributed by atoms with E-state index in [1.54, 1.807) is 4.90 Å². The van der Waals surface area contributed by atoms with Gasteiger partial charge in [0.1, 0.15) is 0 Å². The highest BCUT2D eigenvalue weighted by Crippen LogP contribution is 2.44. The molecule has 1 atom stereocenters. The number of likely N-dealkylation sites (tertiary alicyclic amines) is 1. The van der Waals surface area contributed by atoms with Crippen LogP contribution in [0.1, 0.15) is 33.1 Å². The van der Waals surface area contributed by atoms with Crippen LogP contribution in [0.5, 0.6) is 0 Å². The smallest absolute Gasteiger partial charge is 0.410 e. The molecule has 2 fully saturated rings. The van der Waals surface area contributed by atoms with E-state index in [1.165, 1.54) is 0 Å². The minimum atomic E-state index is -2.79. The third-order valence-corrected chi connectivity index (χ3v) is 3.75. The lowest BCUT2D eigenvalue weighted by Gasteiger charge is -2.33. The molecule has 0 aromatic rings. The molecule has 2 rings (SSSR count). The number of rotatable bonds is 2. The fourth-order valence-corrected chi connectivity index (χ4v) is 2.26. The van der Waals surface area contributed by atoms with Crippen LogP contribution in [0, 0.1) is 11.8 Å². The standard InChI is InChI=1S/C12H19F2NO2/c1-8(2)9-3-5-15(6-4-9)11(16)17-10-7-12(10,13)14/h8-10H,3-7H2,1-2H3. The predicted molar refractivity (Wildman–Crippen MR) is 59.0 cm³/mol. The van der Waals surface area contributed by atoms with Gasteiger partial charge in [-0.3, -0.25) is 0 Å². The first-order valence-electron chi connectivity index (χ1n) is 6.23. The van der Waals surface area contributed by atoms with Gasteiger partial charge < -0.3 is 9.64 Å². The summed E-state index contributed by atoms with van der Waals surface area (Å²) in [6.45, 7) is 5.59. The van der Waals surface area contributed by atoms with Crippen molar-refractivity contribution in [2.45, 2.75) is 45.1 Å². The van der Waals surface area contributed by atoms with Crippen molar-refractivity contribution in [3.8, 4) is 0 Å². The van der Waals surface area contributed by atoms with E-state index in [0.717, 1.165) is 12.8 Å². The van der Waals surface area contributed by atoms with Crippen molar-refractivity contribution in [2.24, 2.45) is 11.8 Å². The van der Waals surface area contributed by atoms with Crippen LogP contribution in [-0.4, -0.2) is 36.1 Å². The number of alkyl halides is 2. The molecule has 17 heavy (non-hydrogen) atoms. The van der Waals surface area contributed by atoms with Crippen LogP contribution in [0.2, 0.25) is 0 Å². The molecule has 0 radical (unpaired) electrons. The number of hydrogen-bond donors (Lipinski definition) is 0. The van der Waals surface area contributed by atoms with Crippen LogP contribution in [0.25, 0.3) is 0 Å². The summed E-state index contributed by atoms with van der Waals surface area (Å²) in [4.78, 5) is 13.1. The molecule has 1 saturated carbocycles. The second kappa shape index (κ2) is 4.42. The summed E-state index contributed by atoms with van der Waals surface area (Å²) in [6.07, 6.45) is -0.199. The molecule has 5 heteroatoms. The van der Waals surface area contributed by atoms with E-state index in [2.05, 4.69) is 13.8 Å². The summed E-state index contributed by atoms with van der Waals surface area (Å²) in [7, 11) is 0. The fraction of sp³-hybridized carbons (Fsp3) is 0.917. The van der Waals surface area contributed by atoms with Gasteiger partial charge in [0.25, 0.3) is 5.92 Å². The van der Waals surface area contributed by atoms with Gasteiger partial charge in [-0.25, -0.2) is 13.6 Å². The van der Waals surface area contributed by atoms with Crippen molar-refractivity contribution < 1.29 is 18.3 Å². The molecule has 0 aromatic carbocycles. The Labute approximate surface area is 100 Å². The highest BCUT2D eigenvalue weighted by atomic mass is 19.3. The first kappa shape index (κ1) is 12.6. The van der Waals surface area contributed by atoms with Crippen LogP contribution < -0.4 is 0 Å². The molecular weight excluding hydrogens is 228 g/mol. The molecule has 2 aliphatic rings. The molecule has 1 amide bonds. The van der Waals surface area contributed by atoms with Gasteiger partial charge in [-0.15, -0.1) is 0 Å². The van der Waals surface area contributed by atoms with Gasteiger partial charge in [0.15, 0.2) is 6.10 Å². The highest BCUT2D eigenvalue weighted by molar-refractivity contribution is 5.68. The second-order valence-corrected chi connectivity index (χ2v) is 5.41. The lowest BCUT2D eigenvalue weighted by Crippen LogP contribution is -2.40. The molecule has 1 aliphatic heterocycles. The Balaban J connectivity index is 1.75. The zero-order valence-electron chi connectivity index (χ0n) is 10.3. The maximum absolute atomic E-state index is 12.6. The first-order valence-corrected chi connectivity index (χ1v) is 6.23. The van der Waals surface area contributed by atoms with Gasteiger partial charge in [0.05, 0.1) is 6.42 Å². The molecule has 98 valence electrons. The molecule has 0 spiro atoms. The molecule has 1 aliphatic carbocycles. The predicted octanol–water partition coefficient (Wildman–Crippen LogP) is 2.90. The Bertz CT molecular complexity index is 299. The number of ether oxygens (including phenoxy) is 1. The zero-order chi connectivity index (χ0) is 12.6. The fourth-order valence-electron chi connectivity index (χ4n) is 2.26. The van der Waals surface area contributed by atoms with Crippen molar-refractivity contribution in [3.05, 3.63) is 0 Å². The minimum absolute atomic E-state index is 0.318. The lowest BCUT2D eigenvalue weighted by atomic mass is 9.87. The summed E-state index contributed by atoms with van der Waals surface area (Å²) in [6, 6.07) is 0. The van der Waals surface area contributed by atoms with E-state index in [1.807, 2.05) is 0 Å². The lowest BCUT2D eigenvalue weighted by molar-refractivity contribution is 0.0218. The van der Waals surface area contributed by atoms with Crippen molar-refractivity contribution in [2.75, 3.05) is 13.1 Å². The van der Waals surface area contributed by atoms with Crippen molar-refractivity contribution in [3.63, 3.8) is 0 Å². The summed E-state index contributed by atoms with van der Waals surface area (Å²) >= 11 is 0. The van der Waals surface area contributed by atoms with Gasteiger partial charge >= 0.3 is 6.09 Å². The van der Waals surface area contributed by atoms with E-state index >= 15 is 0 Å². The van der Waals surface area contributed by atoms with Gasteiger partial charge in [-0.2, -0.15) is 0 Å². The summed E-state index contributed by atoms with van der Waals surface area (Å²) < 4.78 is 29.9. The number of amides is 1. The third-order valence-electron chi connectivity index (χ3n) is 3.75. The van der Waals surface area contributed by atoms with Crippen LogP contribution in [0.3, 0.4) is 0 Å². The number of piperidine rings is 1. The summed E-state index contributed by atoms with van der Waals surface area (Å²) in [5.41, 5.74) is 0. The van der Waals surface area contributed by atoms with Crippen LogP contribution >= 0.6 is 0 Å². The third kappa shape index (κ3) is 2.87. The summed E-state index contributed by atoms with van der Waals surface area (Å²) in [5, 5.41) is 0. The molecule has 1 saturated heterocycles. The minimum Gasteiger partial charge on any atom is -0.439 e. The van der Waals surface area contributed by atoms with Crippen molar-refractivity contribution >= 4 is 6.09 Å².